The molecule has 166 valence electrons. The molecule has 1 aliphatic heterocycles. The molecule has 0 saturated heterocycles. The van der Waals surface area contributed by atoms with Crippen LogP contribution in [0.25, 0.3) is 22.3 Å². The number of pyridine rings is 1. The summed E-state index contributed by atoms with van der Waals surface area (Å²) >= 11 is 0. The van der Waals surface area contributed by atoms with Gasteiger partial charge in [0.25, 0.3) is 0 Å². The third kappa shape index (κ3) is 4.37. The quantitative estimate of drug-likeness (QED) is 0.459. The van der Waals surface area contributed by atoms with Gasteiger partial charge in [0, 0.05) is 53.5 Å². The van der Waals surface area contributed by atoms with Gasteiger partial charge in [-0.3, -0.25) is 4.98 Å². The van der Waals surface area contributed by atoms with Crippen molar-refractivity contribution in [1.82, 2.24) is 25.3 Å². The summed E-state index contributed by atoms with van der Waals surface area (Å²) in [4.78, 5) is 16.4. The molecule has 0 bridgehead atoms. The topological polar surface area (TPSA) is 84.9 Å². The summed E-state index contributed by atoms with van der Waals surface area (Å²) in [6.45, 7) is 1.95. The van der Waals surface area contributed by atoms with E-state index in [0.717, 1.165) is 59.1 Å². The molecule has 1 aliphatic rings. The molecule has 0 amide bonds. The normalized spacial score (nSPS) is 12.8. The van der Waals surface area contributed by atoms with Crippen molar-refractivity contribution < 1.29 is 13.9 Å². The first-order chi connectivity index (χ1) is 15.2. The number of aromatic amines is 1. The molecule has 5 rings (SSSR count). The first kappa shape index (κ1) is 22.0. The van der Waals surface area contributed by atoms with Gasteiger partial charge >= 0.3 is 0 Å². The largest absolute Gasteiger partial charge is 0.497 e. The Morgan fingerprint density at radius 2 is 2.06 bits per heavy atom. The lowest BCUT2D eigenvalue weighted by Crippen LogP contribution is -2.26. The predicted octanol–water partition coefficient (Wildman–Crippen LogP) is 3.86. The van der Waals surface area contributed by atoms with Crippen LogP contribution in [0.1, 0.15) is 16.8 Å². The summed E-state index contributed by atoms with van der Waals surface area (Å²) in [5.74, 6) is 1.38. The van der Waals surface area contributed by atoms with Crippen molar-refractivity contribution in [3.63, 3.8) is 0 Å². The summed E-state index contributed by atoms with van der Waals surface area (Å²) in [6.07, 6.45) is 6.23. The Kier molecular flexibility index (Phi) is 6.53. The van der Waals surface area contributed by atoms with Crippen LogP contribution in [-0.2, 0) is 19.4 Å². The first-order valence-corrected chi connectivity index (χ1v) is 10.2. The number of aromatic nitrogens is 4. The van der Waals surface area contributed by atoms with Crippen molar-refractivity contribution in [3.05, 3.63) is 65.5 Å². The van der Waals surface area contributed by atoms with Crippen LogP contribution in [0, 0.1) is 5.82 Å². The van der Waals surface area contributed by atoms with Gasteiger partial charge < -0.3 is 19.8 Å². The number of nitrogens with zero attached hydrogens (tertiary/aromatic N) is 3. The van der Waals surface area contributed by atoms with E-state index < -0.39 is 5.82 Å². The van der Waals surface area contributed by atoms with Crippen LogP contribution in [0.2, 0.25) is 0 Å². The average Bonchev–Trinajstić information content (AvgIpc) is 3.21. The number of halogens is 2. The van der Waals surface area contributed by atoms with Gasteiger partial charge in [-0.25, -0.2) is 9.37 Å². The molecule has 1 aromatic carbocycles. The van der Waals surface area contributed by atoms with Crippen LogP contribution in [0.5, 0.6) is 11.6 Å². The first-order valence-electron chi connectivity index (χ1n) is 10.2. The van der Waals surface area contributed by atoms with Gasteiger partial charge in [-0.2, -0.15) is 4.98 Å². The molecule has 32 heavy (non-hydrogen) atoms. The second kappa shape index (κ2) is 9.50. The van der Waals surface area contributed by atoms with E-state index in [2.05, 4.69) is 25.3 Å². The molecular formula is C23H23ClFN5O2. The number of methoxy groups -OCH3 is 1. The maximum atomic E-state index is 13.7. The van der Waals surface area contributed by atoms with Gasteiger partial charge in [0.15, 0.2) is 5.82 Å². The lowest BCUT2D eigenvalue weighted by Gasteiger charge is -2.20. The minimum atomic E-state index is -0.421. The molecule has 0 aliphatic carbocycles. The second-order valence-corrected chi connectivity index (χ2v) is 7.42. The van der Waals surface area contributed by atoms with Gasteiger partial charge in [0.05, 0.1) is 25.6 Å². The highest BCUT2D eigenvalue weighted by Gasteiger charge is 2.20. The fraction of sp³-hybridized carbons (Fsp3) is 0.261. The van der Waals surface area contributed by atoms with Gasteiger partial charge in [0.2, 0.25) is 5.88 Å². The molecule has 4 aromatic rings. The molecule has 4 heterocycles. The molecule has 0 spiro atoms. The molecule has 0 saturated carbocycles. The monoisotopic (exact) mass is 455 g/mol. The lowest BCUT2D eigenvalue weighted by atomic mass is 10.1. The summed E-state index contributed by atoms with van der Waals surface area (Å²) in [7, 11) is 1.66. The van der Waals surface area contributed by atoms with E-state index in [1.165, 1.54) is 6.07 Å². The second-order valence-electron chi connectivity index (χ2n) is 7.42. The van der Waals surface area contributed by atoms with Crippen molar-refractivity contribution in [1.29, 1.82) is 0 Å². The van der Waals surface area contributed by atoms with Crippen molar-refractivity contribution in [2.24, 2.45) is 0 Å². The molecule has 3 aromatic heterocycles. The number of nitrogens with one attached hydrogen (secondary N) is 2. The Bertz CT molecular complexity index is 1250. The highest BCUT2D eigenvalue weighted by Crippen LogP contribution is 2.27. The number of hydrogen-bond donors (Lipinski definition) is 2. The van der Waals surface area contributed by atoms with E-state index in [1.54, 1.807) is 13.3 Å². The highest BCUT2D eigenvalue weighted by molar-refractivity contribution is 5.85. The summed E-state index contributed by atoms with van der Waals surface area (Å²) in [6, 6.07) is 7.36. The van der Waals surface area contributed by atoms with E-state index in [0.29, 0.717) is 30.4 Å². The third-order valence-corrected chi connectivity index (χ3v) is 5.45. The van der Waals surface area contributed by atoms with Crippen molar-refractivity contribution in [3.8, 4) is 23.0 Å². The van der Waals surface area contributed by atoms with E-state index in [-0.39, 0.29) is 12.4 Å². The van der Waals surface area contributed by atoms with E-state index in [1.807, 2.05) is 24.4 Å². The molecule has 0 atom stereocenters. The summed E-state index contributed by atoms with van der Waals surface area (Å²) in [5.41, 5.74) is 4.62. The van der Waals surface area contributed by atoms with Crippen molar-refractivity contribution in [2.75, 3.05) is 20.3 Å². The van der Waals surface area contributed by atoms with Gasteiger partial charge in [-0.15, -0.1) is 12.4 Å². The Labute approximate surface area is 190 Å². The van der Waals surface area contributed by atoms with Crippen LogP contribution < -0.4 is 14.8 Å². The van der Waals surface area contributed by atoms with Crippen molar-refractivity contribution >= 4 is 23.3 Å². The number of hydrogen-bond acceptors (Lipinski definition) is 6. The van der Waals surface area contributed by atoms with Gasteiger partial charge in [0.1, 0.15) is 11.6 Å². The van der Waals surface area contributed by atoms with E-state index in [9.17, 15) is 4.39 Å². The molecule has 7 nitrogen and oxygen atoms in total. The molecular weight excluding hydrogens is 433 g/mol. The summed E-state index contributed by atoms with van der Waals surface area (Å²) in [5, 5.41) is 4.46. The Morgan fingerprint density at radius 3 is 2.91 bits per heavy atom. The fourth-order valence-corrected chi connectivity index (χ4v) is 3.86. The zero-order valence-electron chi connectivity index (χ0n) is 17.5. The fourth-order valence-electron chi connectivity index (χ4n) is 3.86. The molecule has 0 radical (unpaired) electrons. The summed E-state index contributed by atoms with van der Waals surface area (Å²) < 4.78 is 25.1. The molecule has 0 fully saturated rings. The van der Waals surface area contributed by atoms with Crippen LogP contribution in [0.4, 0.5) is 4.39 Å². The molecule has 2 N–H and O–H groups in total. The highest BCUT2D eigenvalue weighted by atomic mass is 35.5. The van der Waals surface area contributed by atoms with Crippen LogP contribution in [-0.4, -0.2) is 40.2 Å². The zero-order chi connectivity index (χ0) is 21.2. The smallest absolute Gasteiger partial charge is 0.220 e. The Balaban J connectivity index is 0.00000245. The zero-order valence-corrected chi connectivity index (χ0v) is 18.3. The number of H-pyrrole nitrogens is 1. The number of benzene rings is 1. The van der Waals surface area contributed by atoms with Crippen molar-refractivity contribution in [2.45, 2.75) is 19.4 Å². The van der Waals surface area contributed by atoms with Crippen LogP contribution in [0.15, 0.2) is 42.9 Å². The molecule has 0 unspecified atom stereocenters. The lowest BCUT2D eigenvalue weighted by molar-refractivity contribution is 0.304. The van der Waals surface area contributed by atoms with E-state index >= 15 is 0 Å². The number of rotatable bonds is 6. The number of fused-ring (bicyclic) bond motifs is 2. The van der Waals surface area contributed by atoms with Gasteiger partial charge in [-0.1, -0.05) is 0 Å². The van der Waals surface area contributed by atoms with Crippen LogP contribution >= 0.6 is 12.4 Å². The maximum absolute atomic E-state index is 13.7. The SMILES string of the molecule is COc1ccc2c(CCOc3nc(-c4cncc(F)c4)nc4c3CCNC4)c[nH]c2c1.Cl. The van der Waals surface area contributed by atoms with E-state index in [4.69, 9.17) is 9.47 Å². The minimum Gasteiger partial charge on any atom is -0.497 e. The Hall–Kier alpha value is -3.23. The predicted molar refractivity (Wildman–Crippen MR) is 122 cm³/mol. The average molecular weight is 456 g/mol. The minimum absolute atomic E-state index is 0. The third-order valence-electron chi connectivity index (χ3n) is 5.45. The standard InChI is InChI=1S/C23H22FN5O2.ClH/c1-30-17-2-3-18-14(11-27-20(18)9-17)5-7-31-23-19-4-6-25-13-21(19)28-22(29-23)15-8-16(24)12-26-10-15;/h2-3,8-12,25,27H,4-7,13H2,1H3;1H. The van der Waals surface area contributed by atoms with Gasteiger partial charge in [-0.05, 0) is 36.7 Å². The Morgan fingerprint density at radius 1 is 1.16 bits per heavy atom. The van der Waals surface area contributed by atoms with Crippen LogP contribution in [0.3, 0.4) is 0 Å². The maximum Gasteiger partial charge on any atom is 0.220 e. The number of ether oxygens (including phenoxy) is 2. The molecule has 9 heteroatoms.